The van der Waals surface area contributed by atoms with Gasteiger partial charge in [-0.3, -0.25) is 14.4 Å². The number of benzene rings is 1. The number of nitrogens with one attached hydrogen (secondary N) is 1. The van der Waals surface area contributed by atoms with Crippen LogP contribution in [0.5, 0.6) is 0 Å². The van der Waals surface area contributed by atoms with E-state index < -0.39 is 29.2 Å². The number of carboxylic acids is 1. The third-order valence-electron chi connectivity index (χ3n) is 4.85. The number of piperidine rings is 1. The predicted octanol–water partition coefficient (Wildman–Crippen LogP) is 2.29. The predicted molar refractivity (Wildman–Crippen MR) is 94.0 cm³/mol. The number of nitrogens with zero attached hydrogens (tertiary/aromatic N) is 1. The molecule has 0 aliphatic carbocycles. The molecular formula is C19H25FN2O4. The molecule has 1 saturated heterocycles. The molecule has 2 amide bonds. The second kappa shape index (κ2) is 7.85. The molecule has 2 atom stereocenters. The first-order valence-electron chi connectivity index (χ1n) is 8.72. The van der Waals surface area contributed by atoms with Crippen LogP contribution in [0.25, 0.3) is 0 Å². The summed E-state index contributed by atoms with van der Waals surface area (Å²) in [5.41, 5.74) is -0.713. The van der Waals surface area contributed by atoms with Gasteiger partial charge in [0, 0.05) is 18.7 Å². The normalized spacial score (nSPS) is 21.3. The molecule has 0 radical (unpaired) electrons. The summed E-state index contributed by atoms with van der Waals surface area (Å²) in [6, 6.07) is 4.31. The third-order valence-corrected chi connectivity index (χ3v) is 4.85. The Morgan fingerprint density at radius 1 is 1.23 bits per heavy atom. The van der Waals surface area contributed by atoms with Gasteiger partial charge < -0.3 is 15.3 Å². The molecule has 1 aliphatic heterocycles. The Kier molecular flexibility index (Phi) is 6.00. The summed E-state index contributed by atoms with van der Waals surface area (Å²) in [7, 11) is 0. The fraction of sp³-hybridized carbons (Fsp3) is 0.526. The highest BCUT2D eigenvalue weighted by Crippen LogP contribution is 2.30. The van der Waals surface area contributed by atoms with Crippen molar-refractivity contribution in [1.82, 2.24) is 10.2 Å². The van der Waals surface area contributed by atoms with Gasteiger partial charge in [-0.1, -0.05) is 13.8 Å². The number of amides is 2. The van der Waals surface area contributed by atoms with Gasteiger partial charge in [0.05, 0.1) is 5.41 Å². The van der Waals surface area contributed by atoms with Gasteiger partial charge in [-0.05, 0) is 49.9 Å². The van der Waals surface area contributed by atoms with Crippen LogP contribution in [0, 0.1) is 17.2 Å². The first-order chi connectivity index (χ1) is 12.1. The van der Waals surface area contributed by atoms with Crippen molar-refractivity contribution >= 4 is 17.8 Å². The van der Waals surface area contributed by atoms with Crippen molar-refractivity contribution in [3.8, 4) is 0 Å². The van der Waals surface area contributed by atoms with E-state index in [-0.39, 0.29) is 23.9 Å². The molecule has 1 aliphatic rings. The zero-order chi connectivity index (χ0) is 19.5. The lowest BCUT2D eigenvalue weighted by Gasteiger charge is -2.39. The minimum atomic E-state index is -0.976. The maximum absolute atomic E-state index is 13.0. The van der Waals surface area contributed by atoms with E-state index in [1.165, 1.54) is 29.2 Å². The number of carbonyl (C=O) groups is 3. The summed E-state index contributed by atoms with van der Waals surface area (Å²) in [4.78, 5) is 38.3. The molecule has 6 nitrogen and oxygen atoms in total. The highest BCUT2D eigenvalue weighted by atomic mass is 19.1. The van der Waals surface area contributed by atoms with Gasteiger partial charge in [0.1, 0.15) is 11.9 Å². The van der Waals surface area contributed by atoms with Crippen LogP contribution in [-0.4, -0.2) is 46.9 Å². The lowest BCUT2D eigenvalue weighted by atomic mass is 9.81. The van der Waals surface area contributed by atoms with Crippen molar-refractivity contribution in [1.29, 1.82) is 0 Å². The zero-order valence-corrected chi connectivity index (χ0v) is 15.3. The molecule has 26 heavy (non-hydrogen) atoms. The topological polar surface area (TPSA) is 86.7 Å². The van der Waals surface area contributed by atoms with E-state index in [2.05, 4.69) is 5.32 Å². The van der Waals surface area contributed by atoms with Crippen molar-refractivity contribution in [2.45, 2.75) is 39.7 Å². The molecule has 0 aromatic heterocycles. The highest BCUT2D eigenvalue weighted by Gasteiger charge is 2.41. The summed E-state index contributed by atoms with van der Waals surface area (Å²) in [6.45, 7) is 5.85. The fourth-order valence-electron chi connectivity index (χ4n) is 3.14. The Morgan fingerprint density at radius 3 is 2.38 bits per heavy atom. The minimum Gasteiger partial charge on any atom is -0.481 e. The standard InChI is InChI=1S/C19H25FN2O4/c1-12(2)15(21-16(23)13-5-7-14(20)8-6-13)17(24)22-10-4-9-19(3,11-22)18(25)26/h5-8,12,15H,4,9-11H2,1-3H3,(H,21,23)(H,25,26). The number of rotatable bonds is 5. The largest absolute Gasteiger partial charge is 0.481 e. The molecule has 0 bridgehead atoms. The Labute approximate surface area is 152 Å². The lowest BCUT2D eigenvalue weighted by molar-refractivity contribution is -0.154. The summed E-state index contributed by atoms with van der Waals surface area (Å²) in [6.07, 6.45) is 1.12. The average molecular weight is 364 g/mol. The summed E-state index contributed by atoms with van der Waals surface area (Å²) >= 11 is 0. The first-order valence-corrected chi connectivity index (χ1v) is 8.72. The summed E-state index contributed by atoms with van der Waals surface area (Å²) in [5, 5.41) is 12.1. The molecule has 1 aromatic carbocycles. The quantitative estimate of drug-likeness (QED) is 0.839. The van der Waals surface area contributed by atoms with E-state index in [0.717, 1.165) is 0 Å². The van der Waals surface area contributed by atoms with Crippen molar-refractivity contribution < 1.29 is 23.9 Å². The Hall–Kier alpha value is -2.44. The van der Waals surface area contributed by atoms with Crippen LogP contribution in [-0.2, 0) is 9.59 Å². The number of likely N-dealkylation sites (tertiary alicyclic amines) is 1. The van der Waals surface area contributed by atoms with E-state index in [1.54, 1.807) is 6.92 Å². The number of carboxylic acid groups (broad SMARTS) is 1. The second-order valence-electron chi connectivity index (χ2n) is 7.43. The zero-order valence-electron chi connectivity index (χ0n) is 15.3. The Bertz CT molecular complexity index is 689. The number of carbonyl (C=O) groups excluding carboxylic acids is 2. The molecule has 2 N–H and O–H groups in total. The Morgan fingerprint density at radius 2 is 1.85 bits per heavy atom. The van der Waals surface area contributed by atoms with E-state index >= 15 is 0 Å². The molecule has 1 aromatic rings. The molecule has 1 fully saturated rings. The van der Waals surface area contributed by atoms with E-state index in [1.807, 2.05) is 13.8 Å². The van der Waals surface area contributed by atoms with Crippen LogP contribution < -0.4 is 5.32 Å². The number of hydrogen-bond acceptors (Lipinski definition) is 3. The van der Waals surface area contributed by atoms with Crippen LogP contribution >= 0.6 is 0 Å². The first kappa shape index (κ1) is 19.9. The van der Waals surface area contributed by atoms with Gasteiger partial charge in [-0.2, -0.15) is 0 Å². The molecule has 2 rings (SSSR count). The van der Waals surface area contributed by atoms with Gasteiger partial charge >= 0.3 is 5.97 Å². The van der Waals surface area contributed by atoms with E-state index in [0.29, 0.717) is 19.4 Å². The molecule has 142 valence electrons. The van der Waals surface area contributed by atoms with Crippen molar-refractivity contribution in [3.05, 3.63) is 35.6 Å². The lowest BCUT2D eigenvalue weighted by Crippen LogP contribution is -2.56. The maximum atomic E-state index is 13.0. The monoisotopic (exact) mass is 364 g/mol. The summed E-state index contributed by atoms with van der Waals surface area (Å²) < 4.78 is 13.0. The van der Waals surface area contributed by atoms with Crippen LogP contribution in [0.1, 0.15) is 44.0 Å². The molecular weight excluding hydrogens is 339 g/mol. The number of hydrogen-bond donors (Lipinski definition) is 2. The second-order valence-corrected chi connectivity index (χ2v) is 7.43. The Balaban J connectivity index is 2.13. The molecule has 7 heteroatoms. The van der Waals surface area contributed by atoms with Gasteiger partial charge in [-0.15, -0.1) is 0 Å². The SMILES string of the molecule is CC(C)C(NC(=O)c1ccc(F)cc1)C(=O)N1CCCC(C)(C(=O)O)C1. The van der Waals surface area contributed by atoms with Crippen molar-refractivity contribution in [3.63, 3.8) is 0 Å². The average Bonchev–Trinajstić information content (AvgIpc) is 2.59. The summed E-state index contributed by atoms with van der Waals surface area (Å²) in [5.74, 6) is -2.30. The van der Waals surface area contributed by atoms with Gasteiger partial charge in [-0.25, -0.2) is 4.39 Å². The van der Waals surface area contributed by atoms with Crippen LogP contribution in [0.2, 0.25) is 0 Å². The van der Waals surface area contributed by atoms with E-state index in [9.17, 15) is 23.9 Å². The third kappa shape index (κ3) is 4.39. The maximum Gasteiger partial charge on any atom is 0.311 e. The van der Waals surface area contributed by atoms with Gasteiger partial charge in [0.15, 0.2) is 0 Å². The van der Waals surface area contributed by atoms with Gasteiger partial charge in [0.2, 0.25) is 5.91 Å². The molecule has 2 unspecified atom stereocenters. The van der Waals surface area contributed by atoms with Crippen molar-refractivity contribution in [2.24, 2.45) is 11.3 Å². The minimum absolute atomic E-state index is 0.122. The smallest absolute Gasteiger partial charge is 0.311 e. The highest BCUT2D eigenvalue weighted by molar-refractivity contribution is 5.97. The van der Waals surface area contributed by atoms with Crippen LogP contribution in [0.3, 0.4) is 0 Å². The van der Waals surface area contributed by atoms with Gasteiger partial charge in [0.25, 0.3) is 5.91 Å². The van der Waals surface area contributed by atoms with Crippen LogP contribution in [0.4, 0.5) is 4.39 Å². The molecule has 1 heterocycles. The number of halogens is 1. The molecule has 0 spiro atoms. The number of aliphatic carboxylic acids is 1. The fourth-order valence-corrected chi connectivity index (χ4v) is 3.14. The van der Waals surface area contributed by atoms with Crippen LogP contribution in [0.15, 0.2) is 24.3 Å². The van der Waals surface area contributed by atoms with E-state index in [4.69, 9.17) is 0 Å². The van der Waals surface area contributed by atoms with Crippen molar-refractivity contribution in [2.75, 3.05) is 13.1 Å². The molecule has 0 saturated carbocycles.